The van der Waals surface area contributed by atoms with E-state index < -0.39 is 51.8 Å². The molecule has 0 saturated heterocycles. The van der Waals surface area contributed by atoms with E-state index in [2.05, 4.69) is 23.6 Å². The molecule has 10 nitrogen and oxygen atoms in total. The molecule has 37 heavy (non-hydrogen) atoms. The molecule has 0 amide bonds. The summed E-state index contributed by atoms with van der Waals surface area (Å²) in [7, 11) is -4.58. The molecule has 218 valence electrons. The summed E-state index contributed by atoms with van der Waals surface area (Å²) >= 11 is 0. The Hall–Kier alpha value is -1.29. The van der Waals surface area contributed by atoms with Gasteiger partial charge in [-0.25, -0.2) is 4.57 Å². The fourth-order valence-electron chi connectivity index (χ4n) is 3.21. The molecule has 0 heterocycles. The van der Waals surface area contributed by atoms with Crippen LogP contribution < -0.4 is 0 Å². The maximum atomic E-state index is 12.3. The van der Waals surface area contributed by atoms with E-state index in [1.165, 1.54) is 12.8 Å². The second-order valence-corrected chi connectivity index (χ2v) is 10.5. The summed E-state index contributed by atoms with van der Waals surface area (Å²) in [4.78, 5) is 34.0. The summed E-state index contributed by atoms with van der Waals surface area (Å²) in [6.07, 6.45) is 14.4. The quantitative estimate of drug-likeness (QED) is 0.0612. The van der Waals surface area contributed by atoms with Crippen LogP contribution in [0, 0.1) is 0 Å². The Morgan fingerprint density at radius 1 is 0.784 bits per heavy atom. The third kappa shape index (κ3) is 23.6. The number of esters is 2. The Morgan fingerprint density at radius 3 is 2.03 bits per heavy atom. The standard InChI is InChI=1S/C26H49O10P/c1-3-5-7-8-9-10-11-12-13-14-16-18-26(30)36-24(21-33-25(29)17-15-6-4-2)22-35-37(31,32)34-20-23(28)19-27/h8-9,23-24,27-28H,3-7,10-22H2,1-2H3,(H,31,32)/b9-8-. The highest BCUT2D eigenvalue weighted by molar-refractivity contribution is 7.47. The van der Waals surface area contributed by atoms with Crippen molar-refractivity contribution in [3.05, 3.63) is 12.2 Å². The maximum Gasteiger partial charge on any atom is 0.472 e. The van der Waals surface area contributed by atoms with E-state index in [9.17, 15) is 24.2 Å². The van der Waals surface area contributed by atoms with Gasteiger partial charge in [0, 0.05) is 12.8 Å². The van der Waals surface area contributed by atoms with Crippen LogP contribution in [0.5, 0.6) is 0 Å². The van der Waals surface area contributed by atoms with Crippen LogP contribution in [0.25, 0.3) is 0 Å². The average Bonchev–Trinajstić information content (AvgIpc) is 2.87. The summed E-state index contributed by atoms with van der Waals surface area (Å²) in [6.45, 7) is 2.07. The Bertz CT molecular complexity index is 655. The van der Waals surface area contributed by atoms with E-state index in [1.807, 2.05) is 6.92 Å². The lowest BCUT2D eigenvalue weighted by Crippen LogP contribution is -2.29. The number of carbonyl (C=O) groups excluding carboxylic acids is 2. The zero-order chi connectivity index (χ0) is 27.8. The van der Waals surface area contributed by atoms with Crippen LogP contribution in [-0.4, -0.2) is 65.7 Å². The Labute approximate surface area is 222 Å². The normalized spacial score (nSPS) is 14.8. The Balaban J connectivity index is 4.44. The first kappa shape index (κ1) is 35.7. The lowest BCUT2D eigenvalue weighted by atomic mass is 10.1. The van der Waals surface area contributed by atoms with E-state index in [0.29, 0.717) is 12.8 Å². The minimum Gasteiger partial charge on any atom is -0.462 e. The van der Waals surface area contributed by atoms with Gasteiger partial charge >= 0.3 is 19.8 Å². The van der Waals surface area contributed by atoms with Gasteiger partial charge in [0.1, 0.15) is 12.7 Å². The summed E-state index contributed by atoms with van der Waals surface area (Å²) in [5.74, 6) is -0.969. The van der Waals surface area contributed by atoms with Crippen molar-refractivity contribution in [3.63, 3.8) is 0 Å². The second kappa shape index (κ2) is 23.8. The first-order valence-corrected chi connectivity index (χ1v) is 15.1. The van der Waals surface area contributed by atoms with Gasteiger partial charge in [-0.1, -0.05) is 70.9 Å². The zero-order valence-corrected chi connectivity index (χ0v) is 23.6. The molecule has 0 aliphatic rings. The third-order valence-electron chi connectivity index (χ3n) is 5.42. The van der Waals surface area contributed by atoms with Crippen molar-refractivity contribution in [2.24, 2.45) is 0 Å². The number of hydrogen-bond donors (Lipinski definition) is 3. The van der Waals surface area contributed by atoms with Crippen molar-refractivity contribution in [2.75, 3.05) is 26.4 Å². The lowest BCUT2D eigenvalue weighted by molar-refractivity contribution is -0.161. The number of phosphoric ester groups is 1. The van der Waals surface area contributed by atoms with E-state index in [1.54, 1.807) is 0 Å². The molecule has 0 bridgehead atoms. The Kier molecular flexibility index (Phi) is 23.0. The number of rotatable bonds is 25. The SMILES string of the molecule is CCCC/C=C\CCCCCCCC(=O)OC(COC(=O)CCCCC)COP(=O)(O)OCC(O)CO. The smallest absolute Gasteiger partial charge is 0.462 e. The van der Waals surface area contributed by atoms with Gasteiger partial charge < -0.3 is 24.6 Å². The third-order valence-corrected chi connectivity index (χ3v) is 6.37. The molecule has 3 N–H and O–H groups in total. The van der Waals surface area contributed by atoms with Gasteiger partial charge in [0.2, 0.25) is 0 Å². The molecular formula is C26H49O10P. The van der Waals surface area contributed by atoms with Crippen LogP contribution >= 0.6 is 7.82 Å². The van der Waals surface area contributed by atoms with Gasteiger partial charge in [0.05, 0.1) is 19.8 Å². The van der Waals surface area contributed by atoms with Crippen LogP contribution in [0.4, 0.5) is 0 Å². The summed E-state index contributed by atoms with van der Waals surface area (Å²) < 4.78 is 31.9. The summed E-state index contributed by atoms with van der Waals surface area (Å²) in [6, 6.07) is 0. The molecule has 0 rings (SSSR count). The minimum atomic E-state index is -4.58. The minimum absolute atomic E-state index is 0.174. The number of phosphoric acid groups is 1. The summed E-state index contributed by atoms with van der Waals surface area (Å²) in [5, 5.41) is 18.0. The lowest BCUT2D eigenvalue weighted by Gasteiger charge is -2.20. The molecule has 11 heteroatoms. The molecule has 0 aromatic heterocycles. The number of unbranched alkanes of at least 4 members (excludes halogenated alkanes) is 9. The van der Waals surface area contributed by atoms with Crippen molar-refractivity contribution < 1.29 is 47.8 Å². The van der Waals surface area contributed by atoms with Crippen molar-refractivity contribution in [1.82, 2.24) is 0 Å². The van der Waals surface area contributed by atoms with Crippen molar-refractivity contribution >= 4 is 19.8 Å². The number of aliphatic hydroxyl groups excluding tert-OH is 2. The molecule has 0 spiro atoms. The zero-order valence-electron chi connectivity index (χ0n) is 22.7. The van der Waals surface area contributed by atoms with E-state index >= 15 is 0 Å². The maximum absolute atomic E-state index is 12.3. The van der Waals surface area contributed by atoms with Crippen LogP contribution in [0.1, 0.15) is 104 Å². The predicted octanol–water partition coefficient (Wildman–Crippen LogP) is 4.99. The van der Waals surface area contributed by atoms with Gasteiger partial charge in [-0.3, -0.25) is 18.6 Å². The van der Waals surface area contributed by atoms with E-state index in [4.69, 9.17) is 19.1 Å². The second-order valence-electron chi connectivity index (χ2n) is 9.07. The molecule has 3 unspecified atom stereocenters. The molecular weight excluding hydrogens is 503 g/mol. The van der Waals surface area contributed by atoms with Gasteiger partial charge in [0.25, 0.3) is 0 Å². The van der Waals surface area contributed by atoms with E-state index in [-0.39, 0.29) is 19.4 Å². The largest absolute Gasteiger partial charge is 0.472 e. The number of hydrogen-bond acceptors (Lipinski definition) is 9. The van der Waals surface area contributed by atoms with Gasteiger partial charge in [-0.2, -0.15) is 0 Å². The predicted molar refractivity (Wildman–Crippen MR) is 141 cm³/mol. The van der Waals surface area contributed by atoms with Crippen molar-refractivity contribution in [1.29, 1.82) is 0 Å². The average molecular weight is 553 g/mol. The fraction of sp³-hybridized carbons (Fsp3) is 0.846. The molecule has 0 radical (unpaired) electrons. The van der Waals surface area contributed by atoms with Crippen LogP contribution in [0.3, 0.4) is 0 Å². The molecule has 0 fully saturated rings. The highest BCUT2D eigenvalue weighted by Crippen LogP contribution is 2.43. The number of aliphatic hydroxyl groups is 2. The first-order valence-electron chi connectivity index (χ1n) is 13.6. The highest BCUT2D eigenvalue weighted by Gasteiger charge is 2.27. The van der Waals surface area contributed by atoms with Crippen LogP contribution in [0.15, 0.2) is 12.2 Å². The molecule has 0 saturated carbocycles. The number of allylic oxidation sites excluding steroid dienone is 2. The highest BCUT2D eigenvalue weighted by atomic mass is 31.2. The monoisotopic (exact) mass is 552 g/mol. The van der Waals surface area contributed by atoms with Gasteiger partial charge in [-0.05, 0) is 32.1 Å². The molecule has 0 aliphatic carbocycles. The molecule has 0 aliphatic heterocycles. The molecule has 0 aromatic rings. The van der Waals surface area contributed by atoms with Crippen molar-refractivity contribution in [2.45, 2.75) is 116 Å². The Morgan fingerprint density at radius 2 is 1.35 bits per heavy atom. The summed E-state index contributed by atoms with van der Waals surface area (Å²) in [5.41, 5.74) is 0. The van der Waals surface area contributed by atoms with Crippen LogP contribution in [-0.2, 0) is 32.7 Å². The topological polar surface area (TPSA) is 149 Å². The fourth-order valence-corrected chi connectivity index (χ4v) is 4.00. The first-order chi connectivity index (χ1) is 17.7. The van der Waals surface area contributed by atoms with Gasteiger partial charge in [-0.15, -0.1) is 0 Å². The van der Waals surface area contributed by atoms with Crippen LogP contribution in [0.2, 0.25) is 0 Å². The number of carbonyl (C=O) groups is 2. The van der Waals surface area contributed by atoms with Gasteiger partial charge in [0.15, 0.2) is 6.10 Å². The number of ether oxygens (including phenoxy) is 2. The van der Waals surface area contributed by atoms with E-state index in [0.717, 1.165) is 51.4 Å². The molecule has 3 atom stereocenters. The molecule has 0 aromatic carbocycles. The van der Waals surface area contributed by atoms with Crippen molar-refractivity contribution in [3.8, 4) is 0 Å².